The van der Waals surface area contributed by atoms with Crippen molar-refractivity contribution in [1.29, 1.82) is 0 Å². The molecule has 0 aliphatic heterocycles. The fourth-order valence-corrected chi connectivity index (χ4v) is 3.68. The SMILES string of the molecule is CCNc1nnc(-c2ccc(-c3ccccn3)s2)c2ccccc12. The van der Waals surface area contributed by atoms with Crippen LogP contribution in [-0.2, 0) is 0 Å². The molecule has 0 radical (unpaired) electrons. The lowest BCUT2D eigenvalue weighted by Crippen LogP contribution is -2.02. The minimum atomic E-state index is 0.820. The fourth-order valence-electron chi connectivity index (χ4n) is 2.70. The summed E-state index contributed by atoms with van der Waals surface area (Å²) in [6, 6.07) is 18.4. The molecule has 24 heavy (non-hydrogen) atoms. The number of nitrogens with one attached hydrogen (secondary N) is 1. The topological polar surface area (TPSA) is 50.7 Å². The fraction of sp³-hybridized carbons (Fsp3) is 0.105. The van der Waals surface area contributed by atoms with Crippen LogP contribution in [0.25, 0.3) is 31.9 Å². The van der Waals surface area contributed by atoms with E-state index in [2.05, 4.69) is 51.7 Å². The first kappa shape index (κ1) is 14.8. The van der Waals surface area contributed by atoms with Crippen molar-refractivity contribution in [1.82, 2.24) is 15.2 Å². The van der Waals surface area contributed by atoms with Crippen LogP contribution >= 0.6 is 11.3 Å². The van der Waals surface area contributed by atoms with Gasteiger partial charge in [0.05, 0.1) is 15.4 Å². The van der Waals surface area contributed by atoms with E-state index in [-0.39, 0.29) is 0 Å². The number of rotatable bonds is 4. The van der Waals surface area contributed by atoms with Gasteiger partial charge in [0.2, 0.25) is 0 Å². The zero-order valence-electron chi connectivity index (χ0n) is 13.2. The van der Waals surface area contributed by atoms with E-state index < -0.39 is 0 Å². The van der Waals surface area contributed by atoms with Gasteiger partial charge >= 0.3 is 0 Å². The molecule has 0 saturated heterocycles. The molecule has 0 atom stereocenters. The van der Waals surface area contributed by atoms with E-state index in [4.69, 9.17) is 0 Å². The zero-order valence-corrected chi connectivity index (χ0v) is 14.0. The highest BCUT2D eigenvalue weighted by atomic mass is 32.1. The van der Waals surface area contributed by atoms with Gasteiger partial charge in [-0.05, 0) is 31.2 Å². The molecule has 0 aliphatic rings. The molecule has 0 fully saturated rings. The molecule has 4 aromatic rings. The van der Waals surface area contributed by atoms with Crippen LogP contribution in [0.3, 0.4) is 0 Å². The number of thiophene rings is 1. The smallest absolute Gasteiger partial charge is 0.156 e. The minimum absolute atomic E-state index is 0.820. The van der Waals surface area contributed by atoms with Crippen molar-refractivity contribution in [3.63, 3.8) is 0 Å². The maximum atomic E-state index is 4.48. The summed E-state index contributed by atoms with van der Waals surface area (Å²) in [6.07, 6.45) is 1.81. The predicted molar refractivity (Wildman–Crippen MR) is 100 cm³/mol. The first-order chi connectivity index (χ1) is 11.9. The van der Waals surface area contributed by atoms with Crippen LogP contribution in [0.4, 0.5) is 5.82 Å². The second-order valence-corrected chi connectivity index (χ2v) is 6.44. The average molecular weight is 332 g/mol. The molecule has 0 spiro atoms. The van der Waals surface area contributed by atoms with Gasteiger partial charge in [0.1, 0.15) is 5.69 Å². The number of nitrogens with zero attached hydrogens (tertiary/aromatic N) is 3. The molecule has 0 amide bonds. The van der Waals surface area contributed by atoms with Crippen molar-refractivity contribution in [2.45, 2.75) is 6.92 Å². The van der Waals surface area contributed by atoms with Crippen molar-refractivity contribution in [2.24, 2.45) is 0 Å². The van der Waals surface area contributed by atoms with Crippen LogP contribution in [0.5, 0.6) is 0 Å². The second-order valence-electron chi connectivity index (χ2n) is 5.35. The summed E-state index contributed by atoms with van der Waals surface area (Å²) in [6.45, 7) is 2.88. The first-order valence-corrected chi connectivity index (χ1v) is 8.69. The van der Waals surface area contributed by atoms with Crippen molar-refractivity contribution in [3.8, 4) is 21.1 Å². The van der Waals surface area contributed by atoms with Crippen LogP contribution in [0, 0.1) is 0 Å². The van der Waals surface area contributed by atoms with Crippen molar-refractivity contribution < 1.29 is 0 Å². The Balaban J connectivity index is 1.83. The Labute approximate surface area is 144 Å². The Bertz CT molecular complexity index is 979. The molecule has 0 saturated carbocycles. The summed E-state index contributed by atoms with van der Waals surface area (Å²) in [5.41, 5.74) is 1.90. The van der Waals surface area contributed by atoms with E-state index in [9.17, 15) is 0 Å². The highest BCUT2D eigenvalue weighted by molar-refractivity contribution is 7.18. The predicted octanol–water partition coefficient (Wildman–Crippen LogP) is 4.85. The summed E-state index contributed by atoms with van der Waals surface area (Å²) in [5.74, 6) is 0.832. The Hall–Kier alpha value is -2.79. The summed E-state index contributed by atoms with van der Waals surface area (Å²) < 4.78 is 0. The lowest BCUT2D eigenvalue weighted by atomic mass is 10.1. The highest BCUT2D eigenvalue weighted by Gasteiger charge is 2.13. The molecule has 4 rings (SSSR count). The normalized spacial score (nSPS) is 10.9. The lowest BCUT2D eigenvalue weighted by Gasteiger charge is -2.08. The molecule has 1 aromatic carbocycles. The van der Waals surface area contributed by atoms with Gasteiger partial charge in [-0.15, -0.1) is 21.5 Å². The summed E-state index contributed by atoms with van der Waals surface area (Å²) in [4.78, 5) is 6.65. The number of aromatic nitrogens is 3. The van der Waals surface area contributed by atoms with Gasteiger partial charge in [0.15, 0.2) is 5.82 Å². The Morgan fingerprint density at radius 1 is 0.875 bits per heavy atom. The van der Waals surface area contributed by atoms with E-state index in [0.29, 0.717) is 0 Å². The van der Waals surface area contributed by atoms with Gasteiger partial charge in [-0.3, -0.25) is 4.98 Å². The first-order valence-electron chi connectivity index (χ1n) is 7.87. The van der Waals surface area contributed by atoms with E-state index in [1.165, 1.54) is 0 Å². The van der Waals surface area contributed by atoms with Gasteiger partial charge in [-0.1, -0.05) is 30.3 Å². The molecule has 0 bridgehead atoms. The third-order valence-electron chi connectivity index (χ3n) is 3.79. The van der Waals surface area contributed by atoms with E-state index in [1.54, 1.807) is 11.3 Å². The molecule has 3 aromatic heterocycles. The molecular weight excluding hydrogens is 316 g/mol. The van der Waals surface area contributed by atoms with Crippen LogP contribution in [-0.4, -0.2) is 21.7 Å². The molecule has 1 N–H and O–H groups in total. The van der Waals surface area contributed by atoms with Crippen molar-refractivity contribution >= 4 is 27.9 Å². The third-order valence-corrected chi connectivity index (χ3v) is 4.90. The summed E-state index contributed by atoms with van der Waals surface area (Å²) >= 11 is 1.69. The largest absolute Gasteiger partial charge is 0.368 e. The summed E-state index contributed by atoms with van der Waals surface area (Å²) in [7, 11) is 0. The van der Waals surface area contributed by atoms with Gasteiger partial charge in [-0.2, -0.15) is 0 Å². The number of hydrogen-bond acceptors (Lipinski definition) is 5. The highest BCUT2D eigenvalue weighted by Crippen LogP contribution is 2.36. The maximum absolute atomic E-state index is 4.48. The molecule has 5 heteroatoms. The minimum Gasteiger partial charge on any atom is -0.368 e. The standard InChI is InChI=1S/C19H16N4S/c1-2-20-19-14-8-4-3-7-13(14)18(22-23-19)17-11-10-16(24-17)15-9-5-6-12-21-15/h3-12H,2H2,1H3,(H,20,23). The molecule has 0 unspecified atom stereocenters. The van der Waals surface area contributed by atoms with Gasteiger partial charge in [0.25, 0.3) is 0 Å². The third kappa shape index (κ3) is 2.63. The van der Waals surface area contributed by atoms with Gasteiger partial charge in [0, 0.05) is 23.5 Å². The van der Waals surface area contributed by atoms with Gasteiger partial charge in [-0.25, -0.2) is 0 Å². The van der Waals surface area contributed by atoms with Crippen LogP contribution in [0.15, 0.2) is 60.8 Å². The molecule has 4 nitrogen and oxygen atoms in total. The molecule has 0 aliphatic carbocycles. The number of anilines is 1. The molecular formula is C19H16N4S. The van der Waals surface area contributed by atoms with Crippen LogP contribution in [0.2, 0.25) is 0 Å². The lowest BCUT2D eigenvalue weighted by molar-refractivity contribution is 1.04. The Morgan fingerprint density at radius 2 is 1.67 bits per heavy atom. The number of fused-ring (bicyclic) bond motifs is 1. The number of pyridine rings is 1. The van der Waals surface area contributed by atoms with Crippen LogP contribution < -0.4 is 5.32 Å². The van der Waals surface area contributed by atoms with Crippen molar-refractivity contribution in [3.05, 3.63) is 60.8 Å². The zero-order chi connectivity index (χ0) is 16.4. The molecule has 3 heterocycles. The van der Waals surface area contributed by atoms with E-state index in [0.717, 1.165) is 44.3 Å². The van der Waals surface area contributed by atoms with Gasteiger partial charge < -0.3 is 5.32 Å². The van der Waals surface area contributed by atoms with Crippen LogP contribution in [0.1, 0.15) is 6.92 Å². The van der Waals surface area contributed by atoms with E-state index >= 15 is 0 Å². The molecule has 118 valence electrons. The average Bonchev–Trinajstić information content (AvgIpc) is 3.13. The quantitative estimate of drug-likeness (QED) is 0.580. The second kappa shape index (κ2) is 6.37. The van der Waals surface area contributed by atoms with E-state index in [1.807, 2.05) is 36.5 Å². The Morgan fingerprint density at radius 3 is 2.46 bits per heavy atom. The number of hydrogen-bond donors (Lipinski definition) is 1. The Kier molecular flexibility index (Phi) is 3.92. The maximum Gasteiger partial charge on any atom is 0.156 e. The monoisotopic (exact) mass is 332 g/mol. The summed E-state index contributed by atoms with van der Waals surface area (Å²) in [5, 5.41) is 14.3. The van der Waals surface area contributed by atoms with Crippen molar-refractivity contribution in [2.75, 3.05) is 11.9 Å². The number of benzene rings is 1.